The summed E-state index contributed by atoms with van der Waals surface area (Å²) in [7, 11) is 0. The molecule has 1 saturated heterocycles. The van der Waals surface area contributed by atoms with Gasteiger partial charge in [0.05, 0.1) is 6.54 Å². The minimum absolute atomic E-state index is 0.0523. The van der Waals surface area contributed by atoms with E-state index in [4.69, 9.17) is 5.11 Å². The number of nitrogens with one attached hydrogen (secondary N) is 1. The quantitative estimate of drug-likeness (QED) is 0.571. The fraction of sp³-hybridized carbons (Fsp3) is 0.692. The Morgan fingerprint density at radius 1 is 1.26 bits per heavy atom. The molecule has 1 aliphatic heterocycles. The van der Waals surface area contributed by atoms with E-state index in [0.29, 0.717) is 26.2 Å². The fourth-order valence-corrected chi connectivity index (χ4v) is 2.06. The molecule has 6 heteroatoms. The van der Waals surface area contributed by atoms with Gasteiger partial charge in [-0.25, -0.2) is 4.79 Å². The third-order valence-electron chi connectivity index (χ3n) is 3.06. The van der Waals surface area contributed by atoms with Crippen LogP contribution in [0.1, 0.15) is 19.8 Å². The lowest BCUT2D eigenvalue weighted by molar-refractivity contribution is -0.138. The first-order valence-electron chi connectivity index (χ1n) is 6.71. The number of urea groups is 1. The topological polar surface area (TPSA) is 72.9 Å². The van der Waals surface area contributed by atoms with E-state index in [1.807, 2.05) is 24.0 Å². The monoisotopic (exact) mass is 269 g/mol. The van der Waals surface area contributed by atoms with Crippen LogP contribution in [0.3, 0.4) is 0 Å². The maximum Gasteiger partial charge on any atom is 0.317 e. The van der Waals surface area contributed by atoms with E-state index in [1.165, 1.54) is 0 Å². The molecule has 0 bridgehead atoms. The molecule has 2 amide bonds. The molecule has 108 valence electrons. The summed E-state index contributed by atoms with van der Waals surface area (Å²) in [6.07, 6.45) is 5.62. The van der Waals surface area contributed by atoms with Gasteiger partial charge in [-0.05, 0) is 19.8 Å². The highest BCUT2D eigenvalue weighted by Crippen LogP contribution is 2.03. The Morgan fingerprint density at radius 2 is 2.05 bits per heavy atom. The van der Waals surface area contributed by atoms with Crippen molar-refractivity contribution in [1.29, 1.82) is 0 Å². The minimum atomic E-state index is -0.816. The number of rotatable bonds is 5. The third kappa shape index (κ3) is 6.24. The summed E-state index contributed by atoms with van der Waals surface area (Å²) in [4.78, 5) is 26.2. The number of carbonyl (C=O) groups is 2. The molecule has 0 saturated carbocycles. The van der Waals surface area contributed by atoms with Crippen molar-refractivity contribution in [2.45, 2.75) is 19.8 Å². The smallest absolute Gasteiger partial charge is 0.317 e. The number of allylic oxidation sites excluding steroid dienone is 1. The number of hydrogen-bond donors (Lipinski definition) is 2. The van der Waals surface area contributed by atoms with Crippen molar-refractivity contribution in [2.24, 2.45) is 0 Å². The molecule has 0 radical (unpaired) electrons. The SMILES string of the molecule is C/C=C/CCNC(=O)N1CCCN(CC(=O)O)CC1. The van der Waals surface area contributed by atoms with Crippen LogP contribution in [-0.4, -0.2) is 66.2 Å². The number of hydrogen-bond acceptors (Lipinski definition) is 3. The van der Waals surface area contributed by atoms with Crippen molar-refractivity contribution >= 4 is 12.0 Å². The normalized spacial score (nSPS) is 17.4. The second-order valence-corrected chi connectivity index (χ2v) is 4.60. The third-order valence-corrected chi connectivity index (χ3v) is 3.06. The molecule has 1 fully saturated rings. The number of carbonyl (C=O) groups excluding carboxylic acids is 1. The van der Waals surface area contributed by atoms with E-state index in [9.17, 15) is 9.59 Å². The Labute approximate surface area is 114 Å². The zero-order chi connectivity index (χ0) is 14.1. The Morgan fingerprint density at radius 3 is 2.74 bits per heavy atom. The summed E-state index contributed by atoms with van der Waals surface area (Å²) in [5.41, 5.74) is 0. The average Bonchev–Trinajstić information content (AvgIpc) is 2.59. The summed E-state index contributed by atoms with van der Waals surface area (Å²) in [5, 5.41) is 11.6. The molecule has 0 aromatic rings. The van der Waals surface area contributed by atoms with Gasteiger partial charge in [-0.15, -0.1) is 0 Å². The summed E-state index contributed by atoms with van der Waals surface area (Å²) in [6.45, 7) is 5.26. The number of aliphatic carboxylic acids is 1. The van der Waals surface area contributed by atoms with E-state index < -0.39 is 5.97 Å². The molecule has 19 heavy (non-hydrogen) atoms. The van der Waals surface area contributed by atoms with Crippen LogP contribution in [0.4, 0.5) is 4.79 Å². The second kappa shape index (κ2) is 8.53. The van der Waals surface area contributed by atoms with Gasteiger partial charge < -0.3 is 15.3 Å². The molecule has 0 aromatic carbocycles. The average molecular weight is 269 g/mol. The first kappa shape index (κ1) is 15.5. The lowest BCUT2D eigenvalue weighted by Crippen LogP contribution is -2.42. The van der Waals surface area contributed by atoms with Crippen molar-refractivity contribution in [1.82, 2.24) is 15.1 Å². The molecule has 0 aromatic heterocycles. The van der Waals surface area contributed by atoms with Crippen LogP contribution in [0, 0.1) is 0 Å². The van der Waals surface area contributed by atoms with Crippen LogP contribution >= 0.6 is 0 Å². The van der Waals surface area contributed by atoms with Crippen molar-refractivity contribution in [2.75, 3.05) is 39.3 Å². The Balaban J connectivity index is 2.31. The van der Waals surface area contributed by atoms with Crippen LogP contribution in [0.25, 0.3) is 0 Å². The predicted octanol–water partition coefficient (Wildman–Crippen LogP) is 0.755. The number of carboxylic acids is 1. The van der Waals surface area contributed by atoms with Crippen LogP contribution in [-0.2, 0) is 4.79 Å². The molecule has 2 N–H and O–H groups in total. The van der Waals surface area contributed by atoms with E-state index >= 15 is 0 Å². The van der Waals surface area contributed by atoms with Crippen LogP contribution < -0.4 is 5.32 Å². The highest BCUT2D eigenvalue weighted by molar-refractivity contribution is 5.74. The number of nitrogens with zero attached hydrogens (tertiary/aromatic N) is 2. The molecule has 1 heterocycles. The molecule has 1 rings (SSSR count). The van der Waals surface area contributed by atoms with Gasteiger partial charge in [0.25, 0.3) is 0 Å². The first-order chi connectivity index (χ1) is 9.13. The highest BCUT2D eigenvalue weighted by Gasteiger charge is 2.19. The fourth-order valence-electron chi connectivity index (χ4n) is 2.06. The predicted molar refractivity (Wildman–Crippen MR) is 73.1 cm³/mol. The summed E-state index contributed by atoms with van der Waals surface area (Å²) in [6, 6.07) is -0.0540. The molecular weight excluding hydrogens is 246 g/mol. The molecule has 0 aliphatic carbocycles. The molecule has 1 aliphatic rings. The lowest BCUT2D eigenvalue weighted by atomic mass is 10.3. The number of carboxylic acid groups (broad SMARTS) is 1. The van der Waals surface area contributed by atoms with Crippen molar-refractivity contribution in [3.8, 4) is 0 Å². The first-order valence-corrected chi connectivity index (χ1v) is 6.71. The Bertz CT molecular complexity index is 331. The van der Waals surface area contributed by atoms with Gasteiger partial charge in [0.1, 0.15) is 0 Å². The Kier molecular flexibility index (Phi) is 6.95. The van der Waals surface area contributed by atoms with Gasteiger partial charge in [0, 0.05) is 32.7 Å². The van der Waals surface area contributed by atoms with Gasteiger partial charge in [0.2, 0.25) is 0 Å². The van der Waals surface area contributed by atoms with Gasteiger partial charge in [-0.1, -0.05) is 12.2 Å². The van der Waals surface area contributed by atoms with Crippen LogP contribution in [0.5, 0.6) is 0 Å². The van der Waals surface area contributed by atoms with Crippen molar-refractivity contribution in [3.05, 3.63) is 12.2 Å². The molecular formula is C13H23N3O3. The Hall–Kier alpha value is -1.56. The van der Waals surface area contributed by atoms with Crippen molar-refractivity contribution < 1.29 is 14.7 Å². The van der Waals surface area contributed by atoms with Gasteiger partial charge in [-0.3, -0.25) is 9.69 Å². The van der Waals surface area contributed by atoms with Gasteiger partial charge in [0.15, 0.2) is 0 Å². The van der Waals surface area contributed by atoms with Gasteiger partial charge >= 0.3 is 12.0 Å². The van der Waals surface area contributed by atoms with Crippen LogP contribution in [0.15, 0.2) is 12.2 Å². The maximum absolute atomic E-state index is 11.9. The summed E-state index contributed by atoms with van der Waals surface area (Å²) >= 11 is 0. The molecule has 0 unspecified atom stereocenters. The largest absolute Gasteiger partial charge is 0.480 e. The zero-order valence-electron chi connectivity index (χ0n) is 11.5. The lowest BCUT2D eigenvalue weighted by Gasteiger charge is -2.21. The van der Waals surface area contributed by atoms with E-state index in [-0.39, 0.29) is 12.6 Å². The van der Waals surface area contributed by atoms with E-state index in [2.05, 4.69) is 5.32 Å². The van der Waals surface area contributed by atoms with Crippen LogP contribution in [0.2, 0.25) is 0 Å². The van der Waals surface area contributed by atoms with Crippen molar-refractivity contribution in [3.63, 3.8) is 0 Å². The second-order valence-electron chi connectivity index (χ2n) is 4.60. The molecule has 0 spiro atoms. The van der Waals surface area contributed by atoms with E-state index in [0.717, 1.165) is 19.4 Å². The molecule has 6 nitrogen and oxygen atoms in total. The van der Waals surface area contributed by atoms with E-state index in [1.54, 1.807) is 4.90 Å². The molecule has 0 atom stereocenters. The van der Waals surface area contributed by atoms with Gasteiger partial charge in [-0.2, -0.15) is 0 Å². The zero-order valence-corrected chi connectivity index (χ0v) is 11.5. The minimum Gasteiger partial charge on any atom is -0.480 e. The maximum atomic E-state index is 11.9. The highest BCUT2D eigenvalue weighted by atomic mass is 16.4. The summed E-state index contributed by atoms with van der Waals surface area (Å²) in [5.74, 6) is -0.816. The standard InChI is InChI=1S/C13H23N3O3/c1-2-3-4-6-14-13(19)16-8-5-7-15(9-10-16)11-12(17)18/h2-3H,4-11H2,1H3,(H,14,19)(H,17,18)/b3-2+. The summed E-state index contributed by atoms with van der Waals surface area (Å²) < 4.78 is 0. The number of amides is 2.